The van der Waals surface area contributed by atoms with Gasteiger partial charge in [0.25, 0.3) is 0 Å². The number of nitrogens with zero attached hydrogens (tertiary/aromatic N) is 2. The molecular formula is C22H22ClN3O. The summed E-state index contributed by atoms with van der Waals surface area (Å²) in [6.45, 7) is 3.62. The van der Waals surface area contributed by atoms with E-state index in [2.05, 4.69) is 34.5 Å². The van der Waals surface area contributed by atoms with Crippen LogP contribution in [0.1, 0.15) is 5.56 Å². The first-order valence-corrected chi connectivity index (χ1v) is 9.51. The lowest BCUT2D eigenvalue weighted by Gasteiger charge is -2.31. The van der Waals surface area contributed by atoms with Gasteiger partial charge >= 0.3 is 0 Å². The van der Waals surface area contributed by atoms with Gasteiger partial charge in [-0.25, -0.2) is 4.99 Å². The number of fused-ring (bicyclic) bond motifs is 1. The summed E-state index contributed by atoms with van der Waals surface area (Å²) in [5.74, 6) is 1.72. The highest BCUT2D eigenvalue weighted by Crippen LogP contribution is 2.32. The zero-order valence-electron chi connectivity index (χ0n) is 15.3. The molecule has 138 valence electrons. The van der Waals surface area contributed by atoms with E-state index in [1.807, 2.05) is 36.4 Å². The van der Waals surface area contributed by atoms with Gasteiger partial charge in [0.05, 0.1) is 23.4 Å². The molecule has 1 heterocycles. The Labute approximate surface area is 164 Å². The van der Waals surface area contributed by atoms with Crippen molar-refractivity contribution in [3.8, 4) is 5.75 Å². The van der Waals surface area contributed by atoms with Crippen LogP contribution in [0.2, 0.25) is 5.02 Å². The number of ether oxygens (including phenoxy) is 1. The van der Waals surface area contributed by atoms with Gasteiger partial charge < -0.3 is 15.0 Å². The number of amidine groups is 1. The van der Waals surface area contributed by atoms with Crippen molar-refractivity contribution in [3.63, 3.8) is 0 Å². The van der Waals surface area contributed by atoms with Gasteiger partial charge in [0.2, 0.25) is 0 Å². The molecule has 27 heavy (non-hydrogen) atoms. The topological polar surface area (TPSA) is 36.9 Å². The van der Waals surface area contributed by atoms with Crippen molar-refractivity contribution in [1.82, 2.24) is 10.2 Å². The lowest BCUT2D eigenvalue weighted by atomic mass is 10.0. The number of hydrogen-bond donors (Lipinski definition) is 1. The summed E-state index contributed by atoms with van der Waals surface area (Å²) < 4.78 is 5.74. The number of aliphatic imine (C=N–C) groups is 1. The molecule has 5 heteroatoms. The third-order valence-electron chi connectivity index (χ3n) is 4.83. The van der Waals surface area contributed by atoms with Crippen molar-refractivity contribution >= 4 is 33.9 Å². The summed E-state index contributed by atoms with van der Waals surface area (Å²) >= 11 is 6.42. The Hall–Kier alpha value is -2.56. The van der Waals surface area contributed by atoms with Gasteiger partial charge in [0.15, 0.2) is 0 Å². The van der Waals surface area contributed by atoms with Crippen LogP contribution in [0.15, 0.2) is 65.7 Å². The average Bonchev–Trinajstić information content (AvgIpc) is 2.73. The summed E-state index contributed by atoms with van der Waals surface area (Å²) in [6.07, 6.45) is 0. The molecule has 4 rings (SSSR count). The van der Waals surface area contributed by atoms with Crippen molar-refractivity contribution < 1.29 is 4.74 Å². The van der Waals surface area contributed by atoms with Crippen LogP contribution >= 0.6 is 11.6 Å². The van der Waals surface area contributed by atoms with Crippen molar-refractivity contribution in [2.45, 2.75) is 0 Å². The summed E-state index contributed by atoms with van der Waals surface area (Å²) in [7, 11) is 1.71. The Morgan fingerprint density at radius 1 is 1.00 bits per heavy atom. The Morgan fingerprint density at radius 3 is 2.52 bits per heavy atom. The van der Waals surface area contributed by atoms with Crippen molar-refractivity contribution in [1.29, 1.82) is 0 Å². The van der Waals surface area contributed by atoms with E-state index in [1.165, 1.54) is 0 Å². The molecule has 3 aromatic carbocycles. The third kappa shape index (κ3) is 3.64. The second-order valence-corrected chi connectivity index (χ2v) is 6.90. The molecule has 1 N–H and O–H groups in total. The normalized spacial score (nSPS) is 15.2. The Morgan fingerprint density at radius 2 is 1.74 bits per heavy atom. The molecule has 1 aliphatic heterocycles. The monoisotopic (exact) mass is 379 g/mol. The van der Waals surface area contributed by atoms with E-state index in [1.54, 1.807) is 7.11 Å². The van der Waals surface area contributed by atoms with Crippen molar-refractivity contribution in [3.05, 3.63) is 71.2 Å². The zero-order valence-corrected chi connectivity index (χ0v) is 16.0. The predicted molar refractivity (Wildman–Crippen MR) is 113 cm³/mol. The summed E-state index contributed by atoms with van der Waals surface area (Å²) in [5.41, 5.74) is 1.78. The molecule has 1 fully saturated rings. The maximum Gasteiger partial charge on any atom is 0.141 e. The standard InChI is InChI=1S/C22H22ClN3O/c1-27-20-11-10-16-6-2-3-7-17(16)21(20)22(26-14-12-24-13-15-26)25-19-9-5-4-8-18(19)23/h2-11,24H,12-15H2,1H3. The summed E-state index contributed by atoms with van der Waals surface area (Å²) in [4.78, 5) is 7.32. The number of methoxy groups -OCH3 is 1. The lowest BCUT2D eigenvalue weighted by molar-refractivity contribution is 0.356. The maximum atomic E-state index is 6.42. The van der Waals surface area contributed by atoms with Crippen LogP contribution in [-0.2, 0) is 0 Å². The SMILES string of the molecule is COc1ccc2ccccc2c1C(=Nc1ccccc1Cl)N1CCNCC1. The third-order valence-corrected chi connectivity index (χ3v) is 5.15. The van der Waals surface area contributed by atoms with E-state index < -0.39 is 0 Å². The fraction of sp³-hybridized carbons (Fsp3) is 0.227. The predicted octanol–water partition coefficient (Wildman–Crippen LogP) is 4.49. The van der Waals surface area contributed by atoms with E-state index in [0.29, 0.717) is 5.02 Å². The van der Waals surface area contributed by atoms with E-state index in [-0.39, 0.29) is 0 Å². The highest BCUT2D eigenvalue weighted by Gasteiger charge is 2.22. The molecule has 0 aromatic heterocycles. The van der Waals surface area contributed by atoms with Crippen molar-refractivity contribution in [2.24, 2.45) is 4.99 Å². The first-order valence-electron chi connectivity index (χ1n) is 9.13. The smallest absolute Gasteiger partial charge is 0.141 e. The van der Waals surface area contributed by atoms with Crippen molar-refractivity contribution in [2.75, 3.05) is 33.3 Å². The number of rotatable bonds is 3. The fourth-order valence-corrected chi connectivity index (χ4v) is 3.65. The number of nitrogens with one attached hydrogen (secondary N) is 1. The summed E-state index contributed by atoms with van der Waals surface area (Å²) in [5, 5.41) is 6.34. The van der Waals surface area contributed by atoms with Crippen LogP contribution in [0.5, 0.6) is 5.75 Å². The number of piperazine rings is 1. The van der Waals surface area contributed by atoms with E-state index >= 15 is 0 Å². The Balaban J connectivity index is 1.96. The van der Waals surface area contributed by atoms with Gasteiger partial charge in [-0.1, -0.05) is 54.1 Å². The minimum absolute atomic E-state index is 0.643. The number of benzene rings is 3. The van der Waals surface area contributed by atoms with Crippen LogP contribution in [0.25, 0.3) is 10.8 Å². The number of para-hydroxylation sites is 1. The number of hydrogen-bond acceptors (Lipinski definition) is 3. The van der Waals surface area contributed by atoms with Gasteiger partial charge in [0.1, 0.15) is 11.6 Å². The molecule has 0 radical (unpaired) electrons. The molecule has 1 saturated heterocycles. The molecule has 0 amide bonds. The zero-order chi connectivity index (χ0) is 18.6. The highest BCUT2D eigenvalue weighted by atomic mass is 35.5. The minimum Gasteiger partial charge on any atom is -0.496 e. The van der Waals surface area contributed by atoms with Crippen LogP contribution in [0.4, 0.5) is 5.69 Å². The molecule has 0 atom stereocenters. The van der Waals surface area contributed by atoms with Crippen LogP contribution in [0, 0.1) is 0 Å². The van der Waals surface area contributed by atoms with Crippen LogP contribution in [-0.4, -0.2) is 44.0 Å². The molecule has 0 unspecified atom stereocenters. The van der Waals surface area contributed by atoms with Gasteiger partial charge in [-0.2, -0.15) is 0 Å². The highest BCUT2D eigenvalue weighted by molar-refractivity contribution is 6.33. The molecule has 3 aromatic rings. The number of halogens is 1. The Kier molecular flexibility index (Phi) is 5.28. The second kappa shape index (κ2) is 7.99. The fourth-order valence-electron chi connectivity index (χ4n) is 3.47. The van der Waals surface area contributed by atoms with Gasteiger partial charge in [-0.3, -0.25) is 0 Å². The first-order chi connectivity index (χ1) is 13.3. The van der Waals surface area contributed by atoms with Gasteiger partial charge in [-0.05, 0) is 29.0 Å². The quantitative estimate of drug-likeness (QED) is 0.538. The molecule has 0 spiro atoms. The molecule has 4 nitrogen and oxygen atoms in total. The lowest BCUT2D eigenvalue weighted by Crippen LogP contribution is -2.46. The molecule has 1 aliphatic rings. The second-order valence-electron chi connectivity index (χ2n) is 6.49. The maximum absolute atomic E-state index is 6.42. The molecule has 0 bridgehead atoms. The van der Waals surface area contributed by atoms with E-state index in [0.717, 1.165) is 59.8 Å². The molecule has 0 aliphatic carbocycles. The summed E-state index contributed by atoms with van der Waals surface area (Å²) in [6, 6.07) is 20.1. The van der Waals surface area contributed by atoms with Crippen LogP contribution < -0.4 is 10.1 Å². The van der Waals surface area contributed by atoms with E-state index in [9.17, 15) is 0 Å². The first kappa shape index (κ1) is 17.8. The largest absolute Gasteiger partial charge is 0.496 e. The Bertz CT molecular complexity index is 980. The molecule has 0 saturated carbocycles. The van der Waals surface area contributed by atoms with Gasteiger partial charge in [-0.15, -0.1) is 0 Å². The molecular weight excluding hydrogens is 358 g/mol. The average molecular weight is 380 g/mol. The van der Waals surface area contributed by atoms with Gasteiger partial charge in [0, 0.05) is 26.2 Å². The van der Waals surface area contributed by atoms with Crippen LogP contribution in [0.3, 0.4) is 0 Å². The van der Waals surface area contributed by atoms with E-state index in [4.69, 9.17) is 21.3 Å². The minimum atomic E-state index is 0.643.